The first kappa shape index (κ1) is 20.8. The Morgan fingerprint density at radius 2 is 1.86 bits per heavy atom. The summed E-state index contributed by atoms with van der Waals surface area (Å²) in [6.07, 6.45) is 2.45. The predicted molar refractivity (Wildman–Crippen MR) is 106 cm³/mol. The second-order valence-corrected chi connectivity index (χ2v) is 9.20. The van der Waals surface area contributed by atoms with Gasteiger partial charge in [0.05, 0.1) is 6.04 Å². The third kappa shape index (κ3) is 4.54. The van der Waals surface area contributed by atoms with Crippen molar-refractivity contribution in [3.63, 3.8) is 0 Å². The van der Waals surface area contributed by atoms with Crippen molar-refractivity contribution in [2.75, 3.05) is 13.1 Å². The minimum atomic E-state index is -3.97. The van der Waals surface area contributed by atoms with Crippen LogP contribution in [0, 0.1) is 5.82 Å². The van der Waals surface area contributed by atoms with Crippen LogP contribution in [0.5, 0.6) is 0 Å². The highest BCUT2D eigenvalue weighted by Gasteiger charge is 2.29. The molecule has 2 aromatic carbocycles. The van der Waals surface area contributed by atoms with Crippen molar-refractivity contribution in [1.29, 1.82) is 0 Å². The molecule has 1 amide bonds. The zero-order chi connectivity index (χ0) is 20.3. The number of halogens is 2. The summed E-state index contributed by atoms with van der Waals surface area (Å²) in [6, 6.07) is 10.1. The molecular formula is C20H22ClFN2O3S. The largest absolute Gasteiger partial charge is 0.346 e. The summed E-state index contributed by atoms with van der Waals surface area (Å²) in [5.74, 6) is -1.34. The van der Waals surface area contributed by atoms with Gasteiger partial charge in [0.25, 0.3) is 5.91 Å². The number of piperidine rings is 1. The molecule has 150 valence electrons. The monoisotopic (exact) mass is 424 g/mol. The van der Waals surface area contributed by atoms with Gasteiger partial charge in [0.15, 0.2) is 0 Å². The van der Waals surface area contributed by atoms with Crippen LogP contribution in [0.3, 0.4) is 0 Å². The number of carbonyl (C=O) groups excluding carboxylic acids is 1. The van der Waals surface area contributed by atoms with Gasteiger partial charge in [-0.15, -0.1) is 0 Å². The van der Waals surface area contributed by atoms with Crippen LogP contribution in [-0.4, -0.2) is 31.7 Å². The highest BCUT2D eigenvalue weighted by molar-refractivity contribution is 7.89. The Balaban J connectivity index is 1.83. The van der Waals surface area contributed by atoms with Crippen molar-refractivity contribution in [2.24, 2.45) is 0 Å². The molecule has 1 aliphatic heterocycles. The van der Waals surface area contributed by atoms with Crippen molar-refractivity contribution in [1.82, 2.24) is 9.62 Å². The van der Waals surface area contributed by atoms with Crippen LogP contribution in [0.2, 0.25) is 5.02 Å². The number of nitrogens with one attached hydrogen (secondary N) is 1. The van der Waals surface area contributed by atoms with Crippen molar-refractivity contribution in [2.45, 2.75) is 37.1 Å². The summed E-state index contributed by atoms with van der Waals surface area (Å²) < 4.78 is 41.2. The topological polar surface area (TPSA) is 66.5 Å². The number of benzene rings is 2. The fourth-order valence-corrected chi connectivity index (χ4v) is 5.03. The third-order valence-corrected chi connectivity index (χ3v) is 6.97. The molecule has 1 unspecified atom stereocenters. The molecule has 1 saturated heterocycles. The van der Waals surface area contributed by atoms with Gasteiger partial charge in [-0.2, -0.15) is 4.31 Å². The fraction of sp³-hybridized carbons (Fsp3) is 0.350. The summed E-state index contributed by atoms with van der Waals surface area (Å²) in [5.41, 5.74) is 0.898. The number of hydrogen-bond acceptors (Lipinski definition) is 3. The molecule has 1 aliphatic rings. The molecule has 0 aromatic heterocycles. The van der Waals surface area contributed by atoms with Crippen LogP contribution in [0.25, 0.3) is 0 Å². The van der Waals surface area contributed by atoms with E-state index in [9.17, 15) is 17.6 Å². The Morgan fingerprint density at radius 3 is 2.54 bits per heavy atom. The number of amides is 1. The van der Waals surface area contributed by atoms with Gasteiger partial charge in [0.1, 0.15) is 10.7 Å². The van der Waals surface area contributed by atoms with Gasteiger partial charge in [-0.05, 0) is 55.7 Å². The van der Waals surface area contributed by atoms with Crippen molar-refractivity contribution >= 4 is 27.5 Å². The van der Waals surface area contributed by atoms with Crippen LogP contribution in [0.1, 0.15) is 48.1 Å². The summed E-state index contributed by atoms with van der Waals surface area (Å²) in [4.78, 5) is 12.1. The Kier molecular flexibility index (Phi) is 6.37. The lowest BCUT2D eigenvalue weighted by Crippen LogP contribution is -2.36. The molecule has 8 heteroatoms. The zero-order valence-electron chi connectivity index (χ0n) is 15.5. The molecule has 0 bridgehead atoms. The average molecular weight is 425 g/mol. The highest BCUT2D eigenvalue weighted by Crippen LogP contribution is 2.24. The molecule has 1 atom stereocenters. The summed E-state index contributed by atoms with van der Waals surface area (Å²) in [5, 5.41) is 3.34. The van der Waals surface area contributed by atoms with Crippen molar-refractivity contribution in [3.05, 3.63) is 64.4 Å². The Morgan fingerprint density at radius 1 is 1.14 bits per heavy atom. The van der Waals surface area contributed by atoms with Crippen LogP contribution >= 0.6 is 11.6 Å². The highest BCUT2D eigenvalue weighted by atomic mass is 35.5. The number of rotatable bonds is 5. The molecule has 1 heterocycles. The van der Waals surface area contributed by atoms with Gasteiger partial charge in [0.2, 0.25) is 10.0 Å². The van der Waals surface area contributed by atoms with E-state index in [1.54, 1.807) is 25.1 Å². The number of sulfonamides is 1. The van der Waals surface area contributed by atoms with Crippen LogP contribution in [0.4, 0.5) is 4.39 Å². The second kappa shape index (κ2) is 8.59. The maximum atomic E-state index is 14.3. The van der Waals surface area contributed by atoms with Gasteiger partial charge in [-0.1, -0.05) is 30.2 Å². The van der Waals surface area contributed by atoms with Gasteiger partial charge >= 0.3 is 0 Å². The van der Waals surface area contributed by atoms with Gasteiger partial charge < -0.3 is 5.32 Å². The summed E-state index contributed by atoms with van der Waals surface area (Å²) in [6.45, 7) is 2.52. The molecule has 0 radical (unpaired) electrons. The van der Waals surface area contributed by atoms with Crippen LogP contribution in [-0.2, 0) is 10.0 Å². The summed E-state index contributed by atoms with van der Waals surface area (Å²) >= 11 is 5.98. The van der Waals surface area contributed by atoms with E-state index < -0.39 is 26.6 Å². The van der Waals surface area contributed by atoms with E-state index in [2.05, 4.69) is 5.32 Å². The van der Waals surface area contributed by atoms with E-state index in [1.165, 1.54) is 10.4 Å². The Bertz CT molecular complexity index is 975. The lowest BCUT2D eigenvalue weighted by Gasteiger charge is -2.26. The number of nitrogens with zero attached hydrogens (tertiary/aromatic N) is 1. The minimum Gasteiger partial charge on any atom is -0.346 e. The van der Waals surface area contributed by atoms with E-state index in [-0.39, 0.29) is 11.6 Å². The van der Waals surface area contributed by atoms with E-state index in [0.717, 1.165) is 37.0 Å². The first-order valence-corrected chi connectivity index (χ1v) is 11.0. The lowest BCUT2D eigenvalue weighted by molar-refractivity contribution is 0.0939. The lowest BCUT2D eigenvalue weighted by atomic mass is 10.1. The molecule has 0 spiro atoms. The first-order valence-electron chi connectivity index (χ1n) is 9.15. The Labute approximate surface area is 169 Å². The molecule has 1 fully saturated rings. The van der Waals surface area contributed by atoms with Crippen molar-refractivity contribution in [3.8, 4) is 0 Å². The van der Waals surface area contributed by atoms with Gasteiger partial charge in [0, 0.05) is 23.7 Å². The standard InChI is InChI=1S/C20H22ClFN2O3S/c1-14(15-6-5-7-17(21)12-15)23-20(25)16-8-9-18(22)19(13-16)28(26,27)24-10-3-2-4-11-24/h5-9,12-14H,2-4,10-11H2,1H3,(H,23,25). The van der Waals surface area contributed by atoms with Crippen LogP contribution in [0.15, 0.2) is 47.4 Å². The molecular weight excluding hydrogens is 403 g/mol. The van der Waals surface area contributed by atoms with Gasteiger partial charge in [-0.3, -0.25) is 4.79 Å². The minimum absolute atomic E-state index is 0.0888. The van der Waals surface area contributed by atoms with Crippen molar-refractivity contribution < 1.29 is 17.6 Å². The maximum Gasteiger partial charge on any atom is 0.251 e. The average Bonchev–Trinajstić information content (AvgIpc) is 2.68. The number of carbonyl (C=O) groups is 1. The molecule has 3 rings (SSSR count). The zero-order valence-corrected chi connectivity index (χ0v) is 17.1. The molecule has 0 saturated carbocycles. The Hall–Kier alpha value is -1.96. The van der Waals surface area contributed by atoms with E-state index in [4.69, 9.17) is 11.6 Å². The molecule has 0 aliphatic carbocycles. The van der Waals surface area contributed by atoms with E-state index in [1.807, 2.05) is 6.07 Å². The predicted octanol–water partition coefficient (Wildman–Crippen LogP) is 4.14. The number of hydrogen-bond donors (Lipinski definition) is 1. The quantitative estimate of drug-likeness (QED) is 0.784. The smallest absolute Gasteiger partial charge is 0.251 e. The SMILES string of the molecule is CC(NC(=O)c1ccc(F)c(S(=O)(=O)N2CCCCC2)c1)c1cccc(Cl)c1. The molecule has 5 nitrogen and oxygen atoms in total. The van der Waals surface area contributed by atoms with Crippen LogP contribution < -0.4 is 5.32 Å². The van der Waals surface area contributed by atoms with E-state index >= 15 is 0 Å². The van der Waals surface area contributed by atoms with E-state index in [0.29, 0.717) is 18.1 Å². The molecule has 2 aromatic rings. The second-order valence-electron chi connectivity index (χ2n) is 6.86. The molecule has 28 heavy (non-hydrogen) atoms. The normalized spacial score (nSPS) is 16.5. The molecule has 1 N–H and O–H groups in total. The fourth-order valence-electron chi connectivity index (χ4n) is 3.23. The maximum absolute atomic E-state index is 14.3. The third-order valence-electron chi connectivity index (χ3n) is 4.82. The first-order chi connectivity index (χ1) is 13.3. The van der Waals surface area contributed by atoms with Gasteiger partial charge in [-0.25, -0.2) is 12.8 Å². The summed E-state index contributed by atoms with van der Waals surface area (Å²) in [7, 11) is -3.97.